The van der Waals surface area contributed by atoms with Gasteiger partial charge in [-0.3, -0.25) is 0 Å². The molecule has 166 valence electrons. The first-order valence-electron chi connectivity index (χ1n) is 9.67. The fraction of sp³-hybridized carbons (Fsp3) is 0.318. The minimum absolute atomic E-state index is 0.116. The standard InChI is InChI=1S/C22H28N4O5/c1-22(2,3)31-21(29)26-19(20(27)28)12-15-7-9-18(10-8-15)30-13-16-5-4-6-17(11-16)24-14-25-23/h4-11,14,19H,12-13,23H2,1-3H3,(H,24,25)(H,26,29)(H,27,28)/t19-/m0/s1. The quantitative estimate of drug-likeness (QED) is 0.209. The van der Waals surface area contributed by atoms with Crippen LogP contribution in [0.1, 0.15) is 31.9 Å². The molecule has 0 aliphatic rings. The number of rotatable bonds is 9. The first kappa shape index (κ1) is 23.5. The maximum atomic E-state index is 11.9. The number of alkyl carbamates (subject to hydrolysis) is 1. The lowest BCUT2D eigenvalue weighted by Crippen LogP contribution is -2.44. The van der Waals surface area contributed by atoms with Crippen LogP contribution >= 0.6 is 0 Å². The van der Waals surface area contributed by atoms with Gasteiger partial charge in [-0.25, -0.2) is 9.59 Å². The maximum absolute atomic E-state index is 11.9. The lowest BCUT2D eigenvalue weighted by atomic mass is 10.1. The summed E-state index contributed by atoms with van der Waals surface area (Å²) in [5.41, 5.74) is 1.82. The molecule has 0 fully saturated rings. The first-order chi connectivity index (χ1) is 14.7. The van der Waals surface area contributed by atoms with Crippen molar-refractivity contribution in [3.63, 3.8) is 0 Å². The number of anilines is 1. The zero-order valence-corrected chi connectivity index (χ0v) is 17.8. The molecule has 0 heterocycles. The number of carbonyl (C=O) groups is 2. The van der Waals surface area contributed by atoms with Crippen LogP contribution in [0.2, 0.25) is 0 Å². The van der Waals surface area contributed by atoms with Gasteiger partial charge < -0.3 is 31.1 Å². The summed E-state index contributed by atoms with van der Waals surface area (Å²) >= 11 is 0. The van der Waals surface area contributed by atoms with Crippen molar-refractivity contribution in [2.45, 2.75) is 45.4 Å². The number of benzene rings is 2. The summed E-state index contributed by atoms with van der Waals surface area (Å²) in [6.45, 7) is 5.49. The maximum Gasteiger partial charge on any atom is 0.408 e. The number of carbonyl (C=O) groups excluding carboxylic acids is 1. The van der Waals surface area contributed by atoms with E-state index < -0.39 is 23.7 Å². The van der Waals surface area contributed by atoms with E-state index in [2.05, 4.69) is 15.7 Å². The summed E-state index contributed by atoms with van der Waals surface area (Å²) in [6.07, 6.45) is 0.737. The molecule has 0 unspecified atom stereocenters. The second-order valence-corrected chi connectivity index (χ2v) is 7.80. The van der Waals surface area contributed by atoms with Crippen LogP contribution in [-0.2, 0) is 22.6 Å². The molecule has 9 nitrogen and oxygen atoms in total. The number of aliphatic carboxylic acids is 1. The van der Waals surface area contributed by atoms with Gasteiger partial charge in [-0.2, -0.15) is 5.10 Å². The van der Waals surface area contributed by atoms with Gasteiger partial charge in [0.15, 0.2) is 0 Å². The monoisotopic (exact) mass is 428 g/mol. The minimum Gasteiger partial charge on any atom is -0.489 e. The highest BCUT2D eigenvalue weighted by Crippen LogP contribution is 2.17. The second-order valence-electron chi connectivity index (χ2n) is 7.80. The molecule has 9 heteroatoms. The van der Waals surface area contributed by atoms with Crippen LogP contribution in [0.4, 0.5) is 10.5 Å². The van der Waals surface area contributed by atoms with Crippen molar-refractivity contribution in [3.05, 3.63) is 59.7 Å². The van der Waals surface area contributed by atoms with Crippen LogP contribution in [0, 0.1) is 0 Å². The van der Waals surface area contributed by atoms with E-state index in [4.69, 9.17) is 15.3 Å². The third kappa shape index (κ3) is 8.65. The van der Waals surface area contributed by atoms with E-state index in [1.165, 1.54) is 6.34 Å². The zero-order valence-electron chi connectivity index (χ0n) is 17.8. The van der Waals surface area contributed by atoms with Gasteiger partial charge in [0.2, 0.25) is 0 Å². The number of amides is 1. The molecule has 0 saturated heterocycles. The van der Waals surface area contributed by atoms with E-state index in [0.717, 1.165) is 16.8 Å². The van der Waals surface area contributed by atoms with E-state index >= 15 is 0 Å². The summed E-state index contributed by atoms with van der Waals surface area (Å²) < 4.78 is 10.9. The Bertz CT molecular complexity index is 907. The summed E-state index contributed by atoms with van der Waals surface area (Å²) in [4.78, 5) is 23.4. The van der Waals surface area contributed by atoms with Crippen LogP contribution in [0.25, 0.3) is 0 Å². The number of hydrogen-bond donors (Lipinski definition) is 4. The molecule has 1 atom stereocenters. The van der Waals surface area contributed by atoms with Gasteiger partial charge in [0.25, 0.3) is 0 Å². The number of nitrogens with two attached hydrogens (primary N) is 1. The summed E-state index contributed by atoms with van der Waals surface area (Å²) in [5, 5.41) is 18.1. The Morgan fingerprint density at radius 1 is 1.16 bits per heavy atom. The van der Waals surface area contributed by atoms with E-state index in [1.807, 2.05) is 24.3 Å². The Hall–Kier alpha value is -3.75. The molecule has 0 aliphatic heterocycles. The molecular formula is C22H28N4O5. The smallest absolute Gasteiger partial charge is 0.408 e. The third-order valence-corrected chi connectivity index (χ3v) is 3.99. The Labute approximate surface area is 181 Å². The Morgan fingerprint density at radius 3 is 2.48 bits per heavy atom. The molecule has 31 heavy (non-hydrogen) atoms. The lowest BCUT2D eigenvalue weighted by Gasteiger charge is -2.22. The van der Waals surface area contributed by atoms with Crippen molar-refractivity contribution in [3.8, 4) is 5.75 Å². The number of nitrogens with one attached hydrogen (secondary N) is 2. The number of ether oxygens (including phenoxy) is 2. The largest absolute Gasteiger partial charge is 0.489 e. The van der Waals surface area contributed by atoms with Gasteiger partial charge in [0.1, 0.15) is 30.3 Å². The van der Waals surface area contributed by atoms with Gasteiger partial charge in [0, 0.05) is 12.1 Å². The van der Waals surface area contributed by atoms with Gasteiger partial charge in [-0.15, -0.1) is 0 Å². The van der Waals surface area contributed by atoms with Gasteiger partial charge in [-0.05, 0) is 56.2 Å². The molecule has 2 aromatic rings. The van der Waals surface area contributed by atoms with Crippen molar-refractivity contribution >= 4 is 24.1 Å². The molecule has 1 amide bonds. The lowest BCUT2D eigenvalue weighted by molar-refractivity contribution is -0.139. The SMILES string of the molecule is CC(C)(C)OC(=O)N[C@@H](Cc1ccc(OCc2cccc(NC=NN)c2)cc1)C(=O)O. The Morgan fingerprint density at radius 2 is 1.87 bits per heavy atom. The first-order valence-corrected chi connectivity index (χ1v) is 9.67. The molecule has 0 bridgehead atoms. The van der Waals surface area contributed by atoms with Gasteiger partial charge in [-0.1, -0.05) is 24.3 Å². The Kier molecular flexibility index (Phi) is 8.25. The average molecular weight is 428 g/mol. The van der Waals surface area contributed by atoms with Crippen LogP contribution in [0.15, 0.2) is 53.6 Å². The fourth-order valence-corrected chi connectivity index (χ4v) is 2.64. The predicted octanol–water partition coefficient (Wildman–Crippen LogP) is 3.10. The molecule has 2 aromatic carbocycles. The topological polar surface area (TPSA) is 135 Å². The van der Waals surface area contributed by atoms with Gasteiger partial charge >= 0.3 is 12.1 Å². The molecule has 2 rings (SSSR count). The number of hydrazone groups is 1. The van der Waals surface area contributed by atoms with Crippen molar-refractivity contribution in [2.24, 2.45) is 10.9 Å². The molecule has 0 spiro atoms. The van der Waals surface area contributed by atoms with Crippen molar-refractivity contribution < 1.29 is 24.2 Å². The minimum atomic E-state index is -1.14. The summed E-state index contributed by atoms with van der Waals surface area (Å²) in [5.74, 6) is 4.58. The van der Waals surface area contributed by atoms with E-state index in [9.17, 15) is 14.7 Å². The number of carboxylic acid groups (broad SMARTS) is 1. The molecule has 0 aromatic heterocycles. The van der Waals surface area contributed by atoms with Crippen LogP contribution < -0.4 is 21.2 Å². The molecule has 5 N–H and O–H groups in total. The Balaban J connectivity index is 1.93. The van der Waals surface area contributed by atoms with Crippen molar-refractivity contribution in [2.75, 3.05) is 5.32 Å². The highest BCUT2D eigenvalue weighted by molar-refractivity contribution is 5.80. The predicted molar refractivity (Wildman–Crippen MR) is 118 cm³/mol. The normalized spacial score (nSPS) is 12.2. The molecular weight excluding hydrogens is 400 g/mol. The summed E-state index contributed by atoms with van der Waals surface area (Å²) in [7, 11) is 0. The highest BCUT2D eigenvalue weighted by atomic mass is 16.6. The van der Waals surface area contributed by atoms with E-state index in [1.54, 1.807) is 45.0 Å². The van der Waals surface area contributed by atoms with Crippen LogP contribution in [-0.4, -0.2) is 35.2 Å². The zero-order chi connectivity index (χ0) is 22.9. The number of nitrogens with zero attached hydrogens (tertiary/aromatic N) is 1. The van der Waals surface area contributed by atoms with Crippen molar-refractivity contribution in [1.82, 2.24) is 5.32 Å². The number of hydrogen-bond acceptors (Lipinski definition) is 6. The number of carboxylic acids is 1. The van der Waals surface area contributed by atoms with Gasteiger partial charge in [0.05, 0.1) is 0 Å². The molecule has 0 radical (unpaired) electrons. The molecule has 0 saturated carbocycles. The van der Waals surface area contributed by atoms with E-state index in [-0.39, 0.29) is 6.42 Å². The third-order valence-electron chi connectivity index (χ3n) is 3.99. The average Bonchev–Trinajstić information content (AvgIpc) is 2.70. The van der Waals surface area contributed by atoms with Crippen LogP contribution in [0.5, 0.6) is 5.75 Å². The van der Waals surface area contributed by atoms with E-state index in [0.29, 0.717) is 12.4 Å². The second kappa shape index (κ2) is 10.9. The highest BCUT2D eigenvalue weighted by Gasteiger charge is 2.24. The molecule has 0 aliphatic carbocycles. The summed E-state index contributed by atoms with van der Waals surface area (Å²) in [6, 6.07) is 13.5. The van der Waals surface area contributed by atoms with Crippen LogP contribution in [0.3, 0.4) is 0 Å². The van der Waals surface area contributed by atoms with Crippen molar-refractivity contribution in [1.29, 1.82) is 0 Å². The fourth-order valence-electron chi connectivity index (χ4n) is 2.64.